The molecule has 5 nitrogen and oxygen atoms in total. The minimum Gasteiger partial charge on any atom is -0.504 e. The molecule has 0 aliphatic heterocycles. The van der Waals surface area contributed by atoms with Gasteiger partial charge in [0, 0.05) is 5.69 Å². The number of phenols is 2. The monoisotopic (exact) mass is 336 g/mol. The van der Waals surface area contributed by atoms with Crippen molar-refractivity contribution in [1.82, 2.24) is 0 Å². The molecule has 1 unspecified atom stereocenters. The second-order valence-electron chi connectivity index (χ2n) is 5.93. The van der Waals surface area contributed by atoms with E-state index in [2.05, 4.69) is 5.32 Å². The van der Waals surface area contributed by atoms with Gasteiger partial charge in [-0.15, -0.1) is 0 Å². The largest absolute Gasteiger partial charge is 0.504 e. The van der Waals surface area contributed by atoms with Crippen LogP contribution in [0.4, 0.5) is 5.69 Å². The van der Waals surface area contributed by atoms with Gasteiger partial charge in [0.25, 0.3) is 0 Å². The highest BCUT2D eigenvalue weighted by molar-refractivity contribution is 5.98. The fourth-order valence-corrected chi connectivity index (χ4v) is 2.87. The summed E-state index contributed by atoms with van der Waals surface area (Å²) >= 11 is 0. The van der Waals surface area contributed by atoms with Gasteiger partial charge in [-0.25, -0.2) is 0 Å². The van der Waals surface area contributed by atoms with E-state index in [-0.39, 0.29) is 17.4 Å². The molecule has 0 spiro atoms. The Morgan fingerprint density at radius 2 is 1.72 bits per heavy atom. The van der Waals surface area contributed by atoms with E-state index in [1.807, 2.05) is 42.5 Å². The Labute approximate surface area is 145 Å². The molecule has 0 bridgehead atoms. The lowest BCUT2D eigenvalue weighted by atomic mass is 9.94. The highest BCUT2D eigenvalue weighted by atomic mass is 16.3. The van der Waals surface area contributed by atoms with Crippen molar-refractivity contribution >= 4 is 22.4 Å². The van der Waals surface area contributed by atoms with Crippen molar-refractivity contribution in [2.45, 2.75) is 12.3 Å². The van der Waals surface area contributed by atoms with E-state index in [1.165, 1.54) is 12.1 Å². The molecule has 5 heteroatoms. The van der Waals surface area contributed by atoms with E-state index in [1.54, 1.807) is 6.07 Å². The molecule has 3 rings (SSSR count). The highest BCUT2D eigenvalue weighted by Gasteiger charge is 2.21. The average Bonchev–Trinajstić information content (AvgIpc) is 2.62. The lowest BCUT2D eigenvalue weighted by Crippen LogP contribution is -2.23. The number of phenolic OH excluding ortho intramolecular Hbond substituents is 2. The Balaban J connectivity index is 1.85. The van der Waals surface area contributed by atoms with Gasteiger partial charge in [0.05, 0.1) is 5.92 Å². The van der Waals surface area contributed by atoms with Crippen molar-refractivity contribution in [2.24, 2.45) is 5.73 Å². The first-order chi connectivity index (χ1) is 12.1. The number of anilines is 1. The van der Waals surface area contributed by atoms with Gasteiger partial charge in [0.2, 0.25) is 5.91 Å². The number of hydrogen-bond donors (Lipinski definition) is 4. The number of hydrogen-bond acceptors (Lipinski definition) is 4. The third-order valence-electron chi connectivity index (χ3n) is 4.19. The van der Waals surface area contributed by atoms with Crippen LogP contribution in [0.1, 0.15) is 17.9 Å². The second-order valence-corrected chi connectivity index (χ2v) is 5.93. The standard InChI is InChI=1S/C20H20N2O3/c21-10-9-17(15-6-8-18(23)19(24)12-15)20(25)22-16-7-5-13-3-1-2-4-14(13)11-16/h1-8,11-12,17,23-24H,9-10,21H2,(H,22,25). The second kappa shape index (κ2) is 7.23. The number of aromatic hydroxyl groups is 2. The third kappa shape index (κ3) is 3.72. The fourth-order valence-electron chi connectivity index (χ4n) is 2.87. The normalized spacial score (nSPS) is 12.0. The summed E-state index contributed by atoms with van der Waals surface area (Å²) in [6.45, 7) is 0.331. The van der Waals surface area contributed by atoms with E-state index >= 15 is 0 Å². The molecule has 3 aromatic rings. The van der Waals surface area contributed by atoms with Crippen LogP contribution in [0.25, 0.3) is 10.8 Å². The van der Waals surface area contributed by atoms with Crippen LogP contribution >= 0.6 is 0 Å². The number of rotatable bonds is 5. The van der Waals surface area contributed by atoms with Gasteiger partial charge in [-0.3, -0.25) is 4.79 Å². The summed E-state index contributed by atoms with van der Waals surface area (Å²) in [6, 6.07) is 18.0. The van der Waals surface area contributed by atoms with Crippen LogP contribution in [0.15, 0.2) is 60.7 Å². The first-order valence-electron chi connectivity index (χ1n) is 8.10. The molecule has 128 valence electrons. The summed E-state index contributed by atoms with van der Waals surface area (Å²) in [5.74, 6) is -1.18. The summed E-state index contributed by atoms with van der Waals surface area (Å²) in [6.07, 6.45) is 0.434. The van der Waals surface area contributed by atoms with Crippen LogP contribution < -0.4 is 11.1 Å². The van der Waals surface area contributed by atoms with Crippen molar-refractivity contribution in [3.63, 3.8) is 0 Å². The van der Waals surface area contributed by atoms with Crippen LogP contribution in [0.3, 0.4) is 0 Å². The number of amides is 1. The zero-order chi connectivity index (χ0) is 17.8. The molecular formula is C20H20N2O3. The van der Waals surface area contributed by atoms with E-state index < -0.39 is 5.92 Å². The Hall–Kier alpha value is -3.05. The molecule has 0 radical (unpaired) electrons. The van der Waals surface area contributed by atoms with Crippen LogP contribution in [-0.2, 0) is 4.79 Å². The number of fused-ring (bicyclic) bond motifs is 1. The predicted molar refractivity (Wildman–Crippen MR) is 98.8 cm³/mol. The lowest BCUT2D eigenvalue weighted by Gasteiger charge is -2.17. The molecule has 0 saturated carbocycles. The van der Waals surface area contributed by atoms with Gasteiger partial charge in [-0.1, -0.05) is 36.4 Å². The maximum absolute atomic E-state index is 12.7. The zero-order valence-corrected chi connectivity index (χ0v) is 13.6. The molecule has 25 heavy (non-hydrogen) atoms. The van der Waals surface area contributed by atoms with Crippen molar-refractivity contribution < 1.29 is 15.0 Å². The van der Waals surface area contributed by atoms with E-state index in [9.17, 15) is 15.0 Å². The molecule has 0 heterocycles. The molecule has 3 aromatic carbocycles. The van der Waals surface area contributed by atoms with Gasteiger partial charge in [-0.2, -0.15) is 0 Å². The van der Waals surface area contributed by atoms with Crippen LogP contribution in [0.5, 0.6) is 11.5 Å². The van der Waals surface area contributed by atoms with Crippen molar-refractivity contribution in [1.29, 1.82) is 0 Å². The third-order valence-corrected chi connectivity index (χ3v) is 4.19. The lowest BCUT2D eigenvalue weighted by molar-refractivity contribution is -0.117. The van der Waals surface area contributed by atoms with Crippen LogP contribution in [-0.4, -0.2) is 22.7 Å². The van der Waals surface area contributed by atoms with Crippen molar-refractivity contribution in [2.75, 3.05) is 11.9 Å². The summed E-state index contributed by atoms with van der Waals surface area (Å²) in [4.78, 5) is 12.7. The van der Waals surface area contributed by atoms with E-state index in [4.69, 9.17) is 5.73 Å². The van der Waals surface area contributed by atoms with Gasteiger partial charge in [0.15, 0.2) is 11.5 Å². The number of carbonyl (C=O) groups is 1. The average molecular weight is 336 g/mol. The Bertz CT molecular complexity index is 908. The van der Waals surface area contributed by atoms with Crippen LogP contribution in [0, 0.1) is 0 Å². The van der Waals surface area contributed by atoms with Crippen molar-refractivity contribution in [3.05, 3.63) is 66.2 Å². The molecular weight excluding hydrogens is 316 g/mol. The van der Waals surface area contributed by atoms with E-state index in [0.717, 1.165) is 10.8 Å². The fraction of sp³-hybridized carbons (Fsp3) is 0.150. The SMILES string of the molecule is NCCC(C(=O)Nc1ccc2ccccc2c1)c1ccc(O)c(O)c1. The Morgan fingerprint density at radius 1 is 0.960 bits per heavy atom. The molecule has 0 aromatic heterocycles. The Kier molecular flexibility index (Phi) is 4.86. The topological polar surface area (TPSA) is 95.6 Å². The molecule has 0 aliphatic carbocycles. The Morgan fingerprint density at radius 3 is 2.44 bits per heavy atom. The molecule has 5 N–H and O–H groups in total. The molecule has 0 aliphatic rings. The maximum Gasteiger partial charge on any atom is 0.231 e. The first kappa shape index (κ1) is 16.8. The smallest absolute Gasteiger partial charge is 0.231 e. The molecule has 1 amide bonds. The quantitative estimate of drug-likeness (QED) is 0.538. The number of nitrogens with one attached hydrogen (secondary N) is 1. The highest BCUT2D eigenvalue weighted by Crippen LogP contribution is 2.31. The molecule has 1 atom stereocenters. The summed E-state index contributed by atoms with van der Waals surface area (Å²) in [5.41, 5.74) is 6.96. The van der Waals surface area contributed by atoms with Gasteiger partial charge >= 0.3 is 0 Å². The molecule has 0 fully saturated rings. The maximum atomic E-state index is 12.7. The molecule has 0 saturated heterocycles. The number of nitrogens with two attached hydrogens (primary N) is 1. The minimum absolute atomic E-state index is 0.203. The van der Waals surface area contributed by atoms with E-state index in [0.29, 0.717) is 24.2 Å². The first-order valence-corrected chi connectivity index (χ1v) is 8.10. The van der Waals surface area contributed by atoms with Crippen molar-refractivity contribution in [3.8, 4) is 11.5 Å². The van der Waals surface area contributed by atoms with Gasteiger partial charge in [-0.05, 0) is 53.6 Å². The minimum atomic E-state index is -0.511. The number of carbonyl (C=O) groups excluding carboxylic acids is 1. The summed E-state index contributed by atoms with van der Waals surface area (Å²) in [5, 5.41) is 24.2. The van der Waals surface area contributed by atoms with Gasteiger partial charge in [0.1, 0.15) is 0 Å². The zero-order valence-electron chi connectivity index (χ0n) is 13.6. The predicted octanol–water partition coefficient (Wildman–Crippen LogP) is 3.32. The van der Waals surface area contributed by atoms with Gasteiger partial charge < -0.3 is 21.3 Å². The number of benzene rings is 3. The summed E-state index contributed by atoms with van der Waals surface area (Å²) in [7, 11) is 0. The van der Waals surface area contributed by atoms with Crippen LogP contribution in [0.2, 0.25) is 0 Å². The summed E-state index contributed by atoms with van der Waals surface area (Å²) < 4.78 is 0.